The van der Waals surface area contributed by atoms with Crippen molar-refractivity contribution in [3.63, 3.8) is 0 Å². The molecule has 6 nitrogen and oxygen atoms in total. The third-order valence-corrected chi connectivity index (χ3v) is 6.24. The van der Waals surface area contributed by atoms with Crippen molar-refractivity contribution in [1.29, 1.82) is 0 Å². The molecule has 1 aromatic rings. The Kier molecular flexibility index (Phi) is 5.08. The van der Waals surface area contributed by atoms with Gasteiger partial charge in [-0.2, -0.15) is 5.10 Å². The van der Waals surface area contributed by atoms with Crippen molar-refractivity contribution >= 4 is 5.91 Å². The first-order valence-corrected chi connectivity index (χ1v) is 9.83. The van der Waals surface area contributed by atoms with E-state index in [0.29, 0.717) is 17.9 Å². The SMILES string of the molecule is Cn1cc(C2CCN(C(=O)[C@H]3CCCN3C3CCOCC3)CC2)cn1. The number of carbonyl (C=O) groups excluding carboxylic acids is 1. The normalized spacial score (nSPS) is 27.1. The number of ether oxygens (including phenoxy) is 1. The first-order chi connectivity index (χ1) is 12.2. The molecule has 0 aliphatic carbocycles. The molecule has 6 heteroatoms. The van der Waals surface area contributed by atoms with Crippen molar-refractivity contribution in [3.8, 4) is 0 Å². The Bertz CT molecular complexity index is 588. The van der Waals surface area contributed by atoms with Gasteiger partial charge in [0.25, 0.3) is 0 Å². The maximum atomic E-state index is 13.1. The number of carbonyl (C=O) groups is 1. The van der Waals surface area contributed by atoms with Gasteiger partial charge in [-0.25, -0.2) is 0 Å². The zero-order valence-corrected chi connectivity index (χ0v) is 15.3. The number of aromatic nitrogens is 2. The fourth-order valence-electron chi connectivity index (χ4n) is 4.80. The summed E-state index contributed by atoms with van der Waals surface area (Å²) in [5.41, 5.74) is 1.32. The van der Waals surface area contributed by atoms with Crippen molar-refractivity contribution in [2.45, 2.75) is 56.5 Å². The molecule has 3 aliphatic rings. The highest BCUT2D eigenvalue weighted by molar-refractivity contribution is 5.82. The number of hydrogen-bond acceptors (Lipinski definition) is 4. The average molecular weight is 346 g/mol. The van der Waals surface area contributed by atoms with Crippen LogP contribution in [0.15, 0.2) is 12.4 Å². The van der Waals surface area contributed by atoms with E-state index in [1.807, 2.05) is 17.9 Å². The Labute approximate surface area is 150 Å². The molecule has 0 spiro atoms. The van der Waals surface area contributed by atoms with Crippen LogP contribution in [0.4, 0.5) is 0 Å². The third-order valence-electron chi connectivity index (χ3n) is 6.24. The molecule has 3 aliphatic heterocycles. The zero-order chi connectivity index (χ0) is 17.2. The lowest BCUT2D eigenvalue weighted by atomic mass is 9.91. The second kappa shape index (κ2) is 7.46. The molecule has 3 fully saturated rings. The Morgan fingerprint density at radius 2 is 1.88 bits per heavy atom. The summed E-state index contributed by atoms with van der Waals surface area (Å²) in [6.07, 6.45) is 10.5. The number of aryl methyl sites for hydroxylation is 1. The molecule has 3 saturated heterocycles. The summed E-state index contributed by atoms with van der Waals surface area (Å²) >= 11 is 0. The van der Waals surface area contributed by atoms with E-state index in [-0.39, 0.29) is 6.04 Å². The first kappa shape index (κ1) is 17.0. The minimum Gasteiger partial charge on any atom is -0.381 e. The fraction of sp³-hybridized carbons (Fsp3) is 0.789. The Hall–Kier alpha value is -1.40. The van der Waals surface area contributed by atoms with E-state index in [0.717, 1.165) is 71.4 Å². The molecule has 138 valence electrons. The van der Waals surface area contributed by atoms with Gasteiger partial charge in [-0.05, 0) is 56.6 Å². The van der Waals surface area contributed by atoms with Crippen LogP contribution in [0.2, 0.25) is 0 Å². The van der Waals surface area contributed by atoms with Gasteiger partial charge in [0.15, 0.2) is 0 Å². The summed E-state index contributed by atoms with van der Waals surface area (Å²) in [5, 5.41) is 4.29. The van der Waals surface area contributed by atoms with E-state index in [2.05, 4.69) is 21.1 Å². The summed E-state index contributed by atoms with van der Waals surface area (Å²) in [6, 6.07) is 0.649. The second-order valence-electron chi connectivity index (χ2n) is 7.79. The van der Waals surface area contributed by atoms with Crippen LogP contribution >= 0.6 is 0 Å². The predicted octanol–water partition coefficient (Wildman–Crippen LogP) is 1.77. The number of likely N-dealkylation sites (tertiary alicyclic amines) is 2. The van der Waals surface area contributed by atoms with E-state index in [9.17, 15) is 4.79 Å². The van der Waals surface area contributed by atoms with Crippen LogP contribution in [-0.4, -0.2) is 70.4 Å². The highest BCUT2D eigenvalue weighted by Gasteiger charge is 2.38. The van der Waals surface area contributed by atoms with E-state index >= 15 is 0 Å². The van der Waals surface area contributed by atoms with E-state index in [1.165, 1.54) is 5.56 Å². The Balaban J connectivity index is 1.35. The van der Waals surface area contributed by atoms with Crippen LogP contribution in [0.3, 0.4) is 0 Å². The van der Waals surface area contributed by atoms with Gasteiger partial charge in [-0.3, -0.25) is 14.4 Å². The van der Waals surface area contributed by atoms with Crippen molar-refractivity contribution in [1.82, 2.24) is 19.6 Å². The molecule has 0 saturated carbocycles. The summed E-state index contributed by atoms with van der Waals surface area (Å²) in [5.74, 6) is 0.918. The highest BCUT2D eigenvalue weighted by atomic mass is 16.5. The lowest BCUT2D eigenvalue weighted by Gasteiger charge is -2.39. The summed E-state index contributed by atoms with van der Waals surface area (Å²) < 4.78 is 7.37. The monoisotopic (exact) mass is 346 g/mol. The molecule has 1 atom stereocenters. The molecular formula is C19H30N4O2. The molecule has 0 radical (unpaired) electrons. The van der Waals surface area contributed by atoms with Crippen molar-refractivity contribution in [2.24, 2.45) is 7.05 Å². The summed E-state index contributed by atoms with van der Waals surface area (Å²) in [7, 11) is 1.97. The van der Waals surface area contributed by atoms with Gasteiger partial charge >= 0.3 is 0 Å². The zero-order valence-electron chi connectivity index (χ0n) is 15.3. The third kappa shape index (κ3) is 3.60. The molecule has 1 amide bonds. The van der Waals surface area contributed by atoms with Crippen LogP contribution in [0, 0.1) is 0 Å². The molecule has 1 aromatic heterocycles. The lowest BCUT2D eigenvalue weighted by Crippen LogP contribution is -2.52. The number of piperidine rings is 1. The molecule has 0 N–H and O–H groups in total. The maximum Gasteiger partial charge on any atom is 0.239 e. The van der Waals surface area contributed by atoms with Gasteiger partial charge in [0.1, 0.15) is 0 Å². The predicted molar refractivity (Wildman–Crippen MR) is 95.3 cm³/mol. The minimum atomic E-state index is 0.109. The standard InChI is InChI=1S/C19H30N4O2/c1-21-14-16(13-20-21)15-4-9-22(10-5-15)19(24)18-3-2-8-23(18)17-6-11-25-12-7-17/h13-15,17-18H,2-12H2,1H3/t18-/m1/s1. The van der Waals surface area contributed by atoms with Gasteiger partial charge in [0.05, 0.1) is 12.2 Å². The van der Waals surface area contributed by atoms with E-state index in [4.69, 9.17) is 4.74 Å². The van der Waals surface area contributed by atoms with Crippen LogP contribution in [-0.2, 0) is 16.6 Å². The second-order valence-corrected chi connectivity index (χ2v) is 7.79. The number of amides is 1. The van der Waals surface area contributed by atoms with Gasteiger partial charge in [-0.15, -0.1) is 0 Å². The molecule has 4 heterocycles. The van der Waals surface area contributed by atoms with Crippen LogP contribution < -0.4 is 0 Å². The highest BCUT2D eigenvalue weighted by Crippen LogP contribution is 2.31. The van der Waals surface area contributed by atoms with Gasteiger partial charge in [0, 0.05) is 45.6 Å². The van der Waals surface area contributed by atoms with Gasteiger partial charge < -0.3 is 9.64 Å². The smallest absolute Gasteiger partial charge is 0.239 e. The molecular weight excluding hydrogens is 316 g/mol. The first-order valence-electron chi connectivity index (χ1n) is 9.83. The van der Waals surface area contributed by atoms with Crippen molar-refractivity contribution in [3.05, 3.63) is 18.0 Å². The molecule has 0 bridgehead atoms. The van der Waals surface area contributed by atoms with Crippen LogP contribution in [0.5, 0.6) is 0 Å². The lowest BCUT2D eigenvalue weighted by molar-refractivity contribution is -0.138. The maximum absolute atomic E-state index is 13.1. The average Bonchev–Trinajstić information content (AvgIpc) is 3.31. The number of nitrogens with zero attached hydrogens (tertiary/aromatic N) is 4. The summed E-state index contributed by atoms with van der Waals surface area (Å²) in [4.78, 5) is 17.7. The minimum absolute atomic E-state index is 0.109. The quantitative estimate of drug-likeness (QED) is 0.837. The summed E-state index contributed by atoms with van der Waals surface area (Å²) in [6.45, 7) is 4.54. The van der Waals surface area contributed by atoms with E-state index < -0.39 is 0 Å². The van der Waals surface area contributed by atoms with Gasteiger partial charge in [-0.1, -0.05) is 0 Å². The topological polar surface area (TPSA) is 50.6 Å². The molecule has 25 heavy (non-hydrogen) atoms. The molecule has 0 aromatic carbocycles. The van der Waals surface area contributed by atoms with Gasteiger partial charge in [0.2, 0.25) is 5.91 Å². The van der Waals surface area contributed by atoms with Crippen molar-refractivity contribution < 1.29 is 9.53 Å². The number of rotatable bonds is 3. The number of hydrogen-bond donors (Lipinski definition) is 0. The Morgan fingerprint density at radius 1 is 1.12 bits per heavy atom. The van der Waals surface area contributed by atoms with Crippen LogP contribution in [0.25, 0.3) is 0 Å². The fourth-order valence-corrected chi connectivity index (χ4v) is 4.80. The molecule has 4 rings (SSSR count). The van der Waals surface area contributed by atoms with Crippen LogP contribution in [0.1, 0.15) is 50.0 Å². The molecule has 0 unspecified atom stereocenters. The van der Waals surface area contributed by atoms with Crippen molar-refractivity contribution in [2.75, 3.05) is 32.8 Å². The largest absolute Gasteiger partial charge is 0.381 e. The van der Waals surface area contributed by atoms with E-state index in [1.54, 1.807) is 0 Å². The Morgan fingerprint density at radius 3 is 2.56 bits per heavy atom.